The van der Waals surface area contributed by atoms with Gasteiger partial charge in [-0.1, -0.05) is 6.92 Å². The maximum atomic E-state index is 13.3. The fraction of sp³-hybridized carbons (Fsp3) is 0.273. The van der Waals surface area contributed by atoms with Crippen LogP contribution in [-0.2, 0) is 6.54 Å². The molecular formula is C11H11FI2N4. The summed E-state index contributed by atoms with van der Waals surface area (Å²) in [6, 6.07) is 1.51. The van der Waals surface area contributed by atoms with Gasteiger partial charge in [-0.2, -0.15) is 0 Å². The molecule has 2 heterocycles. The van der Waals surface area contributed by atoms with Crippen LogP contribution in [-0.4, -0.2) is 21.1 Å². The van der Waals surface area contributed by atoms with E-state index in [1.54, 1.807) is 6.33 Å². The molecule has 0 amide bonds. The van der Waals surface area contributed by atoms with Crippen molar-refractivity contribution in [3.8, 4) is 5.82 Å². The molecule has 2 aromatic heterocycles. The van der Waals surface area contributed by atoms with E-state index < -0.39 is 0 Å². The second-order valence-electron chi connectivity index (χ2n) is 3.61. The van der Waals surface area contributed by atoms with Crippen LogP contribution in [0.1, 0.15) is 12.5 Å². The van der Waals surface area contributed by atoms with Crippen LogP contribution >= 0.6 is 45.2 Å². The van der Waals surface area contributed by atoms with E-state index in [2.05, 4.69) is 60.5 Å². The Morgan fingerprint density at radius 1 is 1.39 bits per heavy atom. The average Bonchev–Trinajstić information content (AvgIpc) is 2.68. The number of hydrogen-bond acceptors (Lipinski definition) is 3. The summed E-state index contributed by atoms with van der Waals surface area (Å²) in [7, 11) is 0. The number of nitrogens with zero attached hydrogens (tertiary/aromatic N) is 3. The van der Waals surface area contributed by atoms with Gasteiger partial charge < -0.3 is 5.32 Å². The summed E-state index contributed by atoms with van der Waals surface area (Å²) in [6.45, 7) is 3.42. The molecule has 0 aliphatic heterocycles. The molecule has 0 saturated carbocycles. The molecule has 0 spiro atoms. The number of aromatic nitrogens is 3. The second-order valence-corrected chi connectivity index (χ2v) is 5.66. The molecule has 0 unspecified atom stereocenters. The minimum Gasteiger partial charge on any atom is -0.313 e. The van der Waals surface area contributed by atoms with Crippen LogP contribution < -0.4 is 5.32 Å². The van der Waals surface area contributed by atoms with Gasteiger partial charge in [0.2, 0.25) is 0 Å². The van der Waals surface area contributed by atoms with E-state index in [1.807, 2.05) is 11.5 Å². The van der Waals surface area contributed by atoms with E-state index in [-0.39, 0.29) is 5.82 Å². The van der Waals surface area contributed by atoms with Crippen molar-refractivity contribution in [2.75, 3.05) is 6.54 Å². The smallest absolute Gasteiger partial charge is 0.143 e. The van der Waals surface area contributed by atoms with Crippen LogP contribution in [0.25, 0.3) is 5.82 Å². The summed E-state index contributed by atoms with van der Waals surface area (Å²) >= 11 is 4.37. The minimum atomic E-state index is -0.323. The van der Waals surface area contributed by atoms with Crippen LogP contribution in [0.3, 0.4) is 0 Å². The highest BCUT2D eigenvalue weighted by Gasteiger charge is 2.12. The molecule has 2 aromatic rings. The van der Waals surface area contributed by atoms with Gasteiger partial charge in [0.25, 0.3) is 0 Å². The molecule has 0 fully saturated rings. The zero-order valence-electron chi connectivity index (χ0n) is 9.62. The lowest BCUT2D eigenvalue weighted by atomic mass is 10.2. The van der Waals surface area contributed by atoms with Gasteiger partial charge in [-0.15, -0.1) is 0 Å². The first-order chi connectivity index (χ1) is 8.63. The van der Waals surface area contributed by atoms with Crippen molar-refractivity contribution in [2.45, 2.75) is 13.5 Å². The summed E-state index contributed by atoms with van der Waals surface area (Å²) in [5, 5.41) is 3.18. The zero-order chi connectivity index (χ0) is 13.1. The highest BCUT2D eigenvalue weighted by molar-refractivity contribution is 14.1. The third-order valence-electron chi connectivity index (χ3n) is 2.37. The van der Waals surface area contributed by atoms with E-state index in [4.69, 9.17) is 0 Å². The summed E-state index contributed by atoms with van der Waals surface area (Å²) in [5.74, 6) is 0.397. The molecule has 1 N–H and O–H groups in total. The molecule has 96 valence electrons. The first-order valence-electron chi connectivity index (χ1n) is 5.37. The molecule has 0 bridgehead atoms. The number of rotatable bonds is 4. The van der Waals surface area contributed by atoms with Crippen molar-refractivity contribution >= 4 is 45.2 Å². The Kier molecular flexibility index (Phi) is 4.90. The maximum absolute atomic E-state index is 13.3. The molecule has 0 saturated heterocycles. The van der Waals surface area contributed by atoms with Crippen LogP contribution in [0, 0.1) is 13.2 Å². The molecule has 0 radical (unpaired) electrons. The van der Waals surface area contributed by atoms with E-state index in [0.29, 0.717) is 6.54 Å². The quantitative estimate of drug-likeness (QED) is 0.697. The van der Waals surface area contributed by atoms with Gasteiger partial charge >= 0.3 is 0 Å². The largest absolute Gasteiger partial charge is 0.313 e. The lowest BCUT2D eigenvalue weighted by Gasteiger charge is -2.10. The molecule has 4 nitrogen and oxygen atoms in total. The van der Waals surface area contributed by atoms with Crippen LogP contribution in [0.4, 0.5) is 4.39 Å². The number of imidazole rings is 1. The van der Waals surface area contributed by atoms with Crippen LogP contribution in [0.5, 0.6) is 0 Å². The first-order valence-corrected chi connectivity index (χ1v) is 7.53. The summed E-state index contributed by atoms with van der Waals surface area (Å²) < 4.78 is 17.0. The monoisotopic (exact) mass is 472 g/mol. The van der Waals surface area contributed by atoms with Crippen molar-refractivity contribution in [1.29, 1.82) is 0 Å². The molecular weight excluding hydrogens is 461 g/mol. The lowest BCUT2D eigenvalue weighted by molar-refractivity contribution is 0.612. The predicted molar refractivity (Wildman–Crippen MR) is 84.1 cm³/mol. The Balaban J connectivity index is 2.46. The lowest BCUT2D eigenvalue weighted by Crippen LogP contribution is -2.15. The van der Waals surface area contributed by atoms with E-state index in [9.17, 15) is 4.39 Å². The Labute approximate surface area is 132 Å². The van der Waals surface area contributed by atoms with Gasteiger partial charge in [0.1, 0.15) is 25.4 Å². The van der Waals surface area contributed by atoms with Crippen molar-refractivity contribution in [3.05, 3.63) is 37.4 Å². The summed E-state index contributed by atoms with van der Waals surface area (Å²) in [6.07, 6.45) is 2.94. The van der Waals surface area contributed by atoms with Crippen molar-refractivity contribution in [3.63, 3.8) is 0 Å². The number of pyridine rings is 1. The van der Waals surface area contributed by atoms with Crippen molar-refractivity contribution < 1.29 is 4.39 Å². The normalized spacial score (nSPS) is 10.9. The van der Waals surface area contributed by atoms with Gasteiger partial charge in [0.15, 0.2) is 0 Å². The topological polar surface area (TPSA) is 42.7 Å². The Morgan fingerprint density at radius 3 is 2.78 bits per heavy atom. The van der Waals surface area contributed by atoms with Gasteiger partial charge in [-0.3, -0.25) is 4.57 Å². The maximum Gasteiger partial charge on any atom is 0.143 e. The van der Waals surface area contributed by atoms with Crippen molar-refractivity contribution in [2.24, 2.45) is 0 Å². The van der Waals surface area contributed by atoms with E-state index >= 15 is 0 Å². The van der Waals surface area contributed by atoms with Crippen molar-refractivity contribution in [1.82, 2.24) is 19.9 Å². The molecule has 0 atom stereocenters. The number of halogens is 3. The van der Waals surface area contributed by atoms with Crippen LogP contribution in [0.15, 0.2) is 18.6 Å². The van der Waals surface area contributed by atoms with Gasteiger partial charge in [0, 0.05) is 12.1 Å². The van der Waals surface area contributed by atoms with Gasteiger partial charge in [-0.25, -0.2) is 14.4 Å². The standard InChI is InChI=1S/C11H11FI2N4/c1-2-15-4-7-3-8(12)5-16-11(7)18-6-17-9(13)10(18)14/h3,5-6,15H,2,4H2,1H3. The number of nitrogens with one attached hydrogen (secondary N) is 1. The second kappa shape index (κ2) is 6.24. The fourth-order valence-electron chi connectivity index (χ4n) is 1.54. The third-order valence-corrected chi connectivity index (χ3v) is 5.22. The van der Waals surface area contributed by atoms with Gasteiger partial charge in [-0.05, 0) is 57.8 Å². The Morgan fingerprint density at radius 2 is 2.17 bits per heavy atom. The average molecular weight is 472 g/mol. The fourth-order valence-corrected chi connectivity index (χ4v) is 2.42. The number of hydrogen-bond donors (Lipinski definition) is 1. The van der Waals surface area contributed by atoms with E-state index in [1.165, 1.54) is 12.3 Å². The molecule has 0 aromatic carbocycles. The zero-order valence-corrected chi connectivity index (χ0v) is 13.9. The SMILES string of the molecule is CCNCc1cc(F)cnc1-n1cnc(I)c1I. The van der Waals surface area contributed by atoms with Crippen LogP contribution in [0.2, 0.25) is 0 Å². The predicted octanol–water partition coefficient (Wildman–Crippen LogP) is 2.73. The summed E-state index contributed by atoms with van der Waals surface area (Å²) in [4.78, 5) is 8.40. The highest BCUT2D eigenvalue weighted by Crippen LogP contribution is 2.20. The molecule has 7 heteroatoms. The molecule has 18 heavy (non-hydrogen) atoms. The highest BCUT2D eigenvalue weighted by atomic mass is 127. The Hall–Kier alpha value is -0.290. The summed E-state index contributed by atoms with van der Waals surface area (Å²) in [5.41, 5.74) is 0.823. The Bertz CT molecular complexity index is 556. The third kappa shape index (κ3) is 2.99. The first kappa shape index (κ1) is 14.1. The molecule has 0 aliphatic rings. The van der Waals surface area contributed by atoms with E-state index in [0.717, 1.165) is 25.3 Å². The minimum absolute atomic E-state index is 0.323. The molecule has 0 aliphatic carbocycles. The van der Waals surface area contributed by atoms with Gasteiger partial charge in [0.05, 0.1) is 6.20 Å². The molecule has 2 rings (SSSR count).